The number of morpholine rings is 1. The maximum atomic E-state index is 12.4. The van der Waals surface area contributed by atoms with Crippen LogP contribution >= 0.6 is 0 Å². The molecule has 0 bridgehead atoms. The van der Waals surface area contributed by atoms with Crippen LogP contribution < -0.4 is 0 Å². The van der Waals surface area contributed by atoms with Crippen LogP contribution in [0.15, 0.2) is 24.3 Å². The molecule has 0 spiro atoms. The molecule has 1 heterocycles. The molecular formula is C19H30N2O3. The number of amides is 1. The number of methoxy groups -OCH3 is 1. The Balaban J connectivity index is 1.89. The van der Waals surface area contributed by atoms with Gasteiger partial charge in [-0.15, -0.1) is 0 Å². The summed E-state index contributed by atoms with van der Waals surface area (Å²) in [6.45, 7) is 8.41. The standard InChI is InChI=1S/C19H30N2O3/c1-15-12-21(13-16(2)24-15)14-17-6-8-18(9-7-17)19(22)20(3)10-5-11-23-4/h6-9,15-16H,5,10-14H2,1-4H3. The molecule has 2 atom stereocenters. The summed E-state index contributed by atoms with van der Waals surface area (Å²) in [7, 11) is 3.51. The lowest BCUT2D eigenvalue weighted by atomic mass is 10.1. The Labute approximate surface area is 145 Å². The second-order valence-electron chi connectivity index (χ2n) is 6.72. The van der Waals surface area contributed by atoms with E-state index in [9.17, 15) is 4.79 Å². The lowest BCUT2D eigenvalue weighted by molar-refractivity contribution is -0.0704. The molecule has 1 aliphatic rings. The fourth-order valence-corrected chi connectivity index (χ4v) is 3.19. The summed E-state index contributed by atoms with van der Waals surface area (Å²) in [6.07, 6.45) is 1.40. The second kappa shape index (κ2) is 9.16. The van der Waals surface area contributed by atoms with E-state index in [1.165, 1.54) is 5.56 Å². The summed E-state index contributed by atoms with van der Waals surface area (Å²) in [5.41, 5.74) is 1.97. The molecule has 2 rings (SSSR count). The topological polar surface area (TPSA) is 42.0 Å². The number of hydrogen-bond acceptors (Lipinski definition) is 4. The first-order valence-corrected chi connectivity index (χ1v) is 8.70. The second-order valence-corrected chi connectivity index (χ2v) is 6.72. The van der Waals surface area contributed by atoms with Gasteiger partial charge in [-0.1, -0.05) is 12.1 Å². The molecule has 5 nitrogen and oxygen atoms in total. The Bertz CT molecular complexity index is 508. The third kappa shape index (κ3) is 5.58. The fraction of sp³-hybridized carbons (Fsp3) is 0.632. The maximum Gasteiger partial charge on any atom is 0.253 e. The molecule has 1 aliphatic heterocycles. The van der Waals surface area contributed by atoms with Crippen LogP contribution in [0.25, 0.3) is 0 Å². The summed E-state index contributed by atoms with van der Waals surface area (Å²) in [5, 5.41) is 0. The first-order valence-electron chi connectivity index (χ1n) is 8.70. The zero-order chi connectivity index (χ0) is 17.5. The van der Waals surface area contributed by atoms with Gasteiger partial charge < -0.3 is 14.4 Å². The number of carbonyl (C=O) groups excluding carboxylic acids is 1. The first kappa shape index (κ1) is 18.9. The van der Waals surface area contributed by atoms with E-state index in [1.807, 2.05) is 19.2 Å². The van der Waals surface area contributed by atoms with E-state index in [2.05, 4.69) is 30.9 Å². The lowest BCUT2D eigenvalue weighted by Crippen LogP contribution is -2.44. The average molecular weight is 334 g/mol. The number of benzene rings is 1. The highest BCUT2D eigenvalue weighted by Gasteiger charge is 2.22. The quantitative estimate of drug-likeness (QED) is 0.718. The maximum absolute atomic E-state index is 12.4. The molecule has 5 heteroatoms. The smallest absolute Gasteiger partial charge is 0.253 e. The van der Waals surface area contributed by atoms with Gasteiger partial charge in [0.05, 0.1) is 12.2 Å². The molecule has 0 saturated carbocycles. The van der Waals surface area contributed by atoms with Crippen molar-refractivity contribution in [1.29, 1.82) is 0 Å². The Morgan fingerprint density at radius 2 is 1.88 bits per heavy atom. The van der Waals surface area contributed by atoms with Gasteiger partial charge in [-0.05, 0) is 38.0 Å². The van der Waals surface area contributed by atoms with Crippen molar-refractivity contribution in [2.45, 2.75) is 39.0 Å². The van der Waals surface area contributed by atoms with E-state index in [4.69, 9.17) is 9.47 Å². The van der Waals surface area contributed by atoms with Crippen LogP contribution in [-0.4, -0.2) is 68.3 Å². The zero-order valence-electron chi connectivity index (χ0n) is 15.3. The molecule has 2 unspecified atom stereocenters. The van der Waals surface area contributed by atoms with Crippen molar-refractivity contribution in [3.8, 4) is 0 Å². The summed E-state index contributed by atoms with van der Waals surface area (Å²) >= 11 is 0. The van der Waals surface area contributed by atoms with Crippen molar-refractivity contribution in [1.82, 2.24) is 9.80 Å². The van der Waals surface area contributed by atoms with Gasteiger partial charge in [0.15, 0.2) is 0 Å². The van der Waals surface area contributed by atoms with Crippen molar-refractivity contribution in [3.05, 3.63) is 35.4 Å². The molecule has 0 radical (unpaired) electrons. The van der Waals surface area contributed by atoms with Gasteiger partial charge in [-0.2, -0.15) is 0 Å². The van der Waals surface area contributed by atoms with Gasteiger partial charge in [-0.25, -0.2) is 0 Å². The molecule has 0 aromatic heterocycles. The van der Waals surface area contributed by atoms with E-state index in [1.54, 1.807) is 12.0 Å². The minimum absolute atomic E-state index is 0.0614. The van der Waals surface area contributed by atoms with Crippen LogP contribution in [0, 0.1) is 0 Å². The number of nitrogens with zero attached hydrogens (tertiary/aromatic N) is 2. The van der Waals surface area contributed by atoms with Gasteiger partial charge >= 0.3 is 0 Å². The Morgan fingerprint density at radius 3 is 2.46 bits per heavy atom. The lowest BCUT2D eigenvalue weighted by Gasteiger charge is -2.35. The van der Waals surface area contributed by atoms with Crippen molar-refractivity contribution >= 4 is 5.91 Å². The Morgan fingerprint density at radius 1 is 1.25 bits per heavy atom. The molecule has 1 amide bonds. The van der Waals surface area contributed by atoms with Gasteiger partial charge in [0, 0.05) is 52.5 Å². The molecule has 0 aliphatic carbocycles. The van der Waals surface area contributed by atoms with E-state index < -0.39 is 0 Å². The predicted molar refractivity (Wildman–Crippen MR) is 95.2 cm³/mol. The normalized spacial score (nSPS) is 21.7. The van der Waals surface area contributed by atoms with Crippen molar-refractivity contribution in [2.24, 2.45) is 0 Å². The Hall–Kier alpha value is -1.43. The largest absolute Gasteiger partial charge is 0.385 e. The van der Waals surface area contributed by atoms with Crippen molar-refractivity contribution in [3.63, 3.8) is 0 Å². The molecule has 1 aromatic carbocycles. The Kier molecular flexibility index (Phi) is 7.21. The summed E-state index contributed by atoms with van der Waals surface area (Å²) < 4.78 is 10.8. The highest BCUT2D eigenvalue weighted by Crippen LogP contribution is 2.15. The summed E-state index contributed by atoms with van der Waals surface area (Å²) in [4.78, 5) is 16.5. The molecule has 1 aromatic rings. The summed E-state index contributed by atoms with van der Waals surface area (Å²) in [6, 6.07) is 7.97. The van der Waals surface area contributed by atoms with E-state index in [0.29, 0.717) is 13.2 Å². The van der Waals surface area contributed by atoms with Crippen LogP contribution in [0.5, 0.6) is 0 Å². The van der Waals surface area contributed by atoms with Crippen LogP contribution in [0.1, 0.15) is 36.2 Å². The highest BCUT2D eigenvalue weighted by molar-refractivity contribution is 5.94. The highest BCUT2D eigenvalue weighted by atomic mass is 16.5. The third-order valence-electron chi connectivity index (χ3n) is 4.29. The van der Waals surface area contributed by atoms with Gasteiger partial charge in [0.1, 0.15) is 0 Å². The monoisotopic (exact) mass is 334 g/mol. The van der Waals surface area contributed by atoms with Gasteiger partial charge in [-0.3, -0.25) is 9.69 Å². The molecule has 0 N–H and O–H groups in total. The first-order chi connectivity index (χ1) is 11.5. The zero-order valence-corrected chi connectivity index (χ0v) is 15.3. The van der Waals surface area contributed by atoms with Crippen molar-refractivity contribution < 1.29 is 14.3 Å². The van der Waals surface area contributed by atoms with Crippen LogP contribution in [-0.2, 0) is 16.0 Å². The number of carbonyl (C=O) groups is 1. The van der Waals surface area contributed by atoms with E-state index in [0.717, 1.165) is 31.6 Å². The van der Waals surface area contributed by atoms with Crippen LogP contribution in [0.3, 0.4) is 0 Å². The van der Waals surface area contributed by atoms with E-state index in [-0.39, 0.29) is 18.1 Å². The average Bonchev–Trinajstić information content (AvgIpc) is 2.54. The fourth-order valence-electron chi connectivity index (χ4n) is 3.19. The SMILES string of the molecule is COCCCN(C)C(=O)c1ccc(CN2CC(C)OC(C)C2)cc1. The minimum Gasteiger partial charge on any atom is -0.385 e. The predicted octanol–water partition coefficient (Wildman–Crippen LogP) is 2.40. The number of ether oxygens (including phenoxy) is 2. The number of hydrogen-bond donors (Lipinski definition) is 0. The van der Waals surface area contributed by atoms with Crippen molar-refractivity contribution in [2.75, 3.05) is 40.4 Å². The third-order valence-corrected chi connectivity index (χ3v) is 4.29. The molecular weight excluding hydrogens is 304 g/mol. The molecule has 134 valence electrons. The van der Waals surface area contributed by atoms with Crippen LogP contribution in [0.2, 0.25) is 0 Å². The number of rotatable bonds is 7. The molecule has 1 saturated heterocycles. The molecule has 1 fully saturated rings. The van der Waals surface area contributed by atoms with Gasteiger partial charge in [0.2, 0.25) is 0 Å². The minimum atomic E-state index is 0.0614. The van der Waals surface area contributed by atoms with Crippen LogP contribution in [0.4, 0.5) is 0 Å². The van der Waals surface area contributed by atoms with Gasteiger partial charge in [0.25, 0.3) is 5.91 Å². The summed E-state index contributed by atoms with van der Waals surface area (Å²) in [5.74, 6) is 0.0614. The van der Waals surface area contributed by atoms with E-state index >= 15 is 0 Å². The molecule has 24 heavy (non-hydrogen) atoms.